The van der Waals surface area contributed by atoms with Crippen LogP contribution in [0.5, 0.6) is 0 Å². The molecule has 2 N–H and O–H groups in total. The molecule has 100 valence electrons. The van der Waals surface area contributed by atoms with Gasteiger partial charge in [0.2, 0.25) is 0 Å². The van der Waals surface area contributed by atoms with Crippen LogP contribution in [0.2, 0.25) is 0 Å². The van der Waals surface area contributed by atoms with Gasteiger partial charge in [-0.1, -0.05) is 15.9 Å². The van der Waals surface area contributed by atoms with Gasteiger partial charge in [-0.15, -0.1) is 11.8 Å². The summed E-state index contributed by atoms with van der Waals surface area (Å²) in [6.07, 6.45) is 1.04. The molecule has 4 heteroatoms. The Bertz CT molecular complexity index is 459. The number of hydrogen-bond donors (Lipinski definition) is 1. The first-order valence-electron chi connectivity index (χ1n) is 6.11. The average Bonchev–Trinajstić information content (AvgIpc) is 2.40. The first-order chi connectivity index (χ1) is 8.20. The summed E-state index contributed by atoms with van der Waals surface area (Å²) in [5.74, 6) is 0. The predicted octanol–water partition coefficient (Wildman–Crippen LogP) is 4.47. The van der Waals surface area contributed by atoms with Gasteiger partial charge in [0.1, 0.15) is 0 Å². The lowest BCUT2D eigenvalue weighted by molar-refractivity contribution is -0.0631. The molecular formula is C14H20BrNOS. The van der Waals surface area contributed by atoms with Crippen LogP contribution in [0.1, 0.15) is 34.1 Å². The quantitative estimate of drug-likeness (QED) is 0.813. The fraction of sp³-hybridized carbons (Fsp3) is 0.571. The molecule has 0 radical (unpaired) electrons. The van der Waals surface area contributed by atoms with Crippen LogP contribution in [0.25, 0.3) is 0 Å². The molecule has 0 aromatic heterocycles. The zero-order valence-corrected chi connectivity index (χ0v) is 13.7. The summed E-state index contributed by atoms with van der Waals surface area (Å²) in [6.45, 7) is 8.63. The van der Waals surface area contributed by atoms with Crippen LogP contribution in [-0.4, -0.2) is 16.5 Å². The van der Waals surface area contributed by atoms with Crippen LogP contribution >= 0.6 is 27.7 Å². The summed E-state index contributed by atoms with van der Waals surface area (Å²) in [5, 5.41) is 0.420. The van der Waals surface area contributed by atoms with Crippen molar-refractivity contribution < 1.29 is 4.74 Å². The molecule has 1 saturated heterocycles. The van der Waals surface area contributed by atoms with Crippen LogP contribution in [0.15, 0.2) is 27.6 Å². The minimum Gasteiger partial charge on any atom is -0.398 e. The van der Waals surface area contributed by atoms with Gasteiger partial charge in [0.25, 0.3) is 0 Å². The highest BCUT2D eigenvalue weighted by molar-refractivity contribution is 9.10. The van der Waals surface area contributed by atoms with Crippen molar-refractivity contribution in [2.24, 2.45) is 0 Å². The molecular weight excluding hydrogens is 310 g/mol. The second-order valence-corrected chi connectivity index (χ2v) is 8.12. The lowest BCUT2D eigenvalue weighted by Crippen LogP contribution is -2.30. The zero-order chi connectivity index (χ0) is 13.6. The summed E-state index contributed by atoms with van der Waals surface area (Å²) in [7, 11) is 0. The van der Waals surface area contributed by atoms with Crippen molar-refractivity contribution in [2.45, 2.75) is 55.5 Å². The zero-order valence-electron chi connectivity index (χ0n) is 11.3. The molecule has 2 rings (SSSR count). The van der Waals surface area contributed by atoms with E-state index in [0.29, 0.717) is 5.25 Å². The van der Waals surface area contributed by atoms with Crippen LogP contribution in [0.4, 0.5) is 5.69 Å². The molecule has 0 spiro atoms. The summed E-state index contributed by atoms with van der Waals surface area (Å²) < 4.78 is 7.18. The van der Waals surface area contributed by atoms with E-state index in [1.54, 1.807) is 0 Å². The van der Waals surface area contributed by atoms with Gasteiger partial charge in [0.05, 0.1) is 11.2 Å². The molecule has 1 aliphatic rings. The van der Waals surface area contributed by atoms with Crippen LogP contribution in [0, 0.1) is 0 Å². The van der Waals surface area contributed by atoms with E-state index in [9.17, 15) is 0 Å². The highest BCUT2D eigenvalue weighted by atomic mass is 79.9. The molecule has 0 amide bonds. The third-order valence-electron chi connectivity index (χ3n) is 3.24. The Labute approximate surface area is 122 Å². The van der Waals surface area contributed by atoms with Crippen LogP contribution in [-0.2, 0) is 4.74 Å². The normalized spacial score (nSPS) is 25.3. The topological polar surface area (TPSA) is 35.2 Å². The minimum absolute atomic E-state index is 0.0536. The van der Waals surface area contributed by atoms with E-state index < -0.39 is 0 Å². The molecule has 18 heavy (non-hydrogen) atoms. The molecule has 1 aromatic carbocycles. The molecule has 0 saturated carbocycles. The third-order valence-corrected chi connectivity index (χ3v) is 5.36. The van der Waals surface area contributed by atoms with Crippen LogP contribution < -0.4 is 5.73 Å². The highest BCUT2D eigenvalue weighted by Crippen LogP contribution is 2.47. The average molecular weight is 330 g/mol. The molecule has 1 atom stereocenters. The van der Waals surface area contributed by atoms with E-state index in [4.69, 9.17) is 10.5 Å². The van der Waals surface area contributed by atoms with Gasteiger partial charge < -0.3 is 10.5 Å². The summed E-state index contributed by atoms with van der Waals surface area (Å²) >= 11 is 5.32. The summed E-state index contributed by atoms with van der Waals surface area (Å²) in [5.41, 5.74) is 6.70. The van der Waals surface area contributed by atoms with Gasteiger partial charge in [-0.25, -0.2) is 0 Å². The predicted molar refractivity (Wildman–Crippen MR) is 82.1 cm³/mol. The van der Waals surface area contributed by atoms with E-state index in [0.717, 1.165) is 21.5 Å². The van der Waals surface area contributed by atoms with Gasteiger partial charge in [0, 0.05) is 20.3 Å². The van der Waals surface area contributed by atoms with Crippen LogP contribution in [0.3, 0.4) is 0 Å². The lowest BCUT2D eigenvalue weighted by atomic mass is 10.0. The maximum atomic E-state index is 6.12. The van der Waals surface area contributed by atoms with E-state index in [2.05, 4.69) is 49.7 Å². The first-order valence-corrected chi connectivity index (χ1v) is 7.79. The minimum atomic E-state index is -0.122. The fourth-order valence-electron chi connectivity index (χ4n) is 2.46. The van der Waals surface area contributed by atoms with Gasteiger partial charge >= 0.3 is 0 Å². The largest absolute Gasteiger partial charge is 0.398 e. The summed E-state index contributed by atoms with van der Waals surface area (Å²) in [6, 6.07) is 6.00. The Hall–Kier alpha value is -0.190. The number of nitrogen functional groups attached to an aromatic ring is 1. The molecule has 0 bridgehead atoms. The molecule has 1 unspecified atom stereocenters. The van der Waals surface area contributed by atoms with Crippen molar-refractivity contribution in [1.29, 1.82) is 0 Å². The summed E-state index contributed by atoms with van der Waals surface area (Å²) in [4.78, 5) is 1.13. The number of benzene rings is 1. The van der Waals surface area contributed by atoms with Crippen molar-refractivity contribution in [3.8, 4) is 0 Å². The maximum Gasteiger partial charge on any atom is 0.0756 e. The number of ether oxygens (including phenoxy) is 1. The Morgan fingerprint density at radius 3 is 2.56 bits per heavy atom. The number of nitrogens with two attached hydrogens (primary N) is 1. The Morgan fingerprint density at radius 2 is 2.00 bits per heavy atom. The molecule has 2 nitrogen and oxygen atoms in total. The second-order valence-electron chi connectivity index (χ2n) is 5.96. The second kappa shape index (κ2) is 4.73. The first kappa shape index (κ1) is 14.2. The number of thioether (sulfide) groups is 1. The number of hydrogen-bond acceptors (Lipinski definition) is 3. The van der Waals surface area contributed by atoms with Gasteiger partial charge in [0.15, 0.2) is 0 Å². The van der Waals surface area contributed by atoms with Crippen molar-refractivity contribution in [3.05, 3.63) is 22.7 Å². The fourth-order valence-corrected chi connectivity index (χ4v) is 4.49. The molecule has 0 aliphatic carbocycles. The van der Waals surface area contributed by atoms with E-state index in [1.165, 1.54) is 0 Å². The van der Waals surface area contributed by atoms with E-state index >= 15 is 0 Å². The molecule has 1 fully saturated rings. The Morgan fingerprint density at radius 1 is 1.33 bits per heavy atom. The van der Waals surface area contributed by atoms with Gasteiger partial charge in [-0.2, -0.15) is 0 Å². The number of rotatable bonds is 2. The Kier molecular flexibility index (Phi) is 3.74. The number of halogens is 1. The third kappa shape index (κ3) is 3.03. The van der Waals surface area contributed by atoms with Crippen molar-refractivity contribution >= 4 is 33.4 Å². The van der Waals surface area contributed by atoms with E-state index in [1.807, 2.05) is 23.9 Å². The van der Waals surface area contributed by atoms with Crippen molar-refractivity contribution in [1.82, 2.24) is 0 Å². The molecule has 1 aliphatic heterocycles. The molecule has 1 aromatic rings. The highest BCUT2D eigenvalue weighted by Gasteiger charge is 2.46. The van der Waals surface area contributed by atoms with Crippen molar-refractivity contribution in [3.63, 3.8) is 0 Å². The number of anilines is 1. The SMILES string of the molecule is CC1(C)CC(Sc2cc(Br)ccc2N)C(C)(C)O1. The van der Waals surface area contributed by atoms with Crippen molar-refractivity contribution in [2.75, 3.05) is 5.73 Å². The van der Waals surface area contributed by atoms with Gasteiger partial charge in [-0.3, -0.25) is 0 Å². The maximum absolute atomic E-state index is 6.12. The standard InChI is InChI=1S/C14H20BrNOS/c1-13(2)8-12(14(3,4)17-13)18-11-7-9(15)5-6-10(11)16/h5-7,12H,8,16H2,1-4H3. The van der Waals surface area contributed by atoms with Gasteiger partial charge in [-0.05, 0) is 52.3 Å². The lowest BCUT2D eigenvalue weighted by Gasteiger charge is -2.27. The molecule has 1 heterocycles. The monoisotopic (exact) mass is 329 g/mol. The van der Waals surface area contributed by atoms with E-state index in [-0.39, 0.29) is 11.2 Å². The smallest absolute Gasteiger partial charge is 0.0756 e. The Balaban J connectivity index is 2.21.